The van der Waals surface area contributed by atoms with Crippen molar-refractivity contribution < 1.29 is 22.4 Å². The molecule has 4 aromatic carbocycles. The second kappa shape index (κ2) is 14.7. The van der Waals surface area contributed by atoms with Gasteiger partial charge in [0.1, 0.15) is 18.4 Å². The molecule has 1 aliphatic carbocycles. The maximum Gasteiger partial charge on any atom is 0.264 e. The summed E-state index contributed by atoms with van der Waals surface area (Å²) in [6, 6.07) is 28.3. The molecule has 0 radical (unpaired) electrons. The van der Waals surface area contributed by atoms with E-state index < -0.39 is 34.3 Å². The highest BCUT2D eigenvalue weighted by Gasteiger charge is 2.36. The summed E-state index contributed by atoms with van der Waals surface area (Å²) < 4.78 is 43.9. The Bertz CT molecular complexity index is 1720. The van der Waals surface area contributed by atoms with Crippen molar-refractivity contribution in [1.82, 2.24) is 10.2 Å². The van der Waals surface area contributed by atoms with Crippen LogP contribution in [0.3, 0.4) is 0 Å². The molecule has 0 saturated heterocycles. The second-order valence-corrected chi connectivity index (χ2v) is 13.4. The monoisotopic (exact) mass is 647 g/mol. The number of hydrogen-bond acceptors (Lipinski definition) is 4. The number of sulfonamides is 1. The average Bonchev–Trinajstić information content (AvgIpc) is 3.56. The zero-order valence-corrected chi connectivity index (χ0v) is 26.3. The summed E-state index contributed by atoms with van der Waals surface area (Å²) in [6.07, 6.45) is 3.88. The minimum absolute atomic E-state index is 0.0126. The van der Waals surface area contributed by atoms with E-state index in [0.29, 0.717) is 10.6 Å². The molecule has 0 unspecified atom stereocenters. The normalized spacial score (nSPS) is 14.1. The molecule has 0 heterocycles. The van der Waals surface area contributed by atoms with Crippen LogP contribution in [0.5, 0.6) is 0 Å². The summed E-state index contributed by atoms with van der Waals surface area (Å²) >= 11 is 6.54. The number of carbonyl (C=O) groups excluding carboxylic acids is 2. The van der Waals surface area contributed by atoms with Crippen LogP contribution in [0.2, 0.25) is 5.02 Å². The zero-order chi connectivity index (χ0) is 31.8. The van der Waals surface area contributed by atoms with E-state index in [1.165, 1.54) is 35.2 Å². The summed E-state index contributed by atoms with van der Waals surface area (Å²) in [7, 11) is -4.39. The first-order chi connectivity index (χ1) is 21.7. The third-order valence-corrected chi connectivity index (χ3v) is 10.1. The van der Waals surface area contributed by atoms with Gasteiger partial charge in [-0.1, -0.05) is 103 Å². The summed E-state index contributed by atoms with van der Waals surface area (Å²) in [6.45, 7) is -0.810. The van der Waals surface area contributed by atoms with E-state index in [9.17, 15) is 18.0 Å². The smallest absolute Gasteiger partial charge is 0.264 e. The number of nitrogens with zero attached hydrogens (tertiary/aromatic N) is 2. The fourth-order valence-corrected chi connectivity index (χ4v) is 7.26. The SMILES string of the molecule is O=C(NC1CCCC1)[C@@H](Cc1ccccc1)N(Cc1ccccc1Cl)C(=O)CN(c1ccccc1F)S(=O)(=O)c1ccccc1. The number of amides is 2. The molecule has 234 valence electrons. The molecule has 5 rings (SSSR count). The van der Waals surface area contributed by atoms with Crippen LogP contribution in [0.25, 0.3) is 0 Å². The molecular weight excluding hydrogens is 613 g/mol. The minimum Gasteiger partial charge on any atom is -0.352 e. The first-order valence-electron chi connectivity index (χ1n) is 14.9. The lowest BCUT2D eigenvalue weighted by atomic mass is 10.0. The third-order valence-electron chi connectivity index (χ3n) is 8.00. The van der Waals surface area contributed by atoms with Gasteiger partial charge in [-0.3, -0.25) is 13.9 Å². The number of nitrogens with one attached hydrogen (secondary N) is 1. The van der Waals surface area contributed by atoms with Gasteiger partial charge in [0.2, 0.25) is 11.8 Å². The Morgan fingerprint density at radius 2 is 1.44 bits per heavy atom. The van der Waals surface area contributed by atoms with Crippen LogP contribution in [0, 0.1) is 5.82 Å². The fourth-order valence-electron chi connectivity index (χ4n) is 5.62. The average molecular weight is 648 g/mol. The number of anilines is 1. The van der Waals surface area contributed by atoms with Crippen LogP contribution in [0.1, 0.15) is 36.8 Å². The number of benzene rings is 4. The Morgan fingerprint density at radius 1 is 0.844 bits per heavy atom. The number of rotatable bonds is 12. The van der Waals surface area contributed by atoms with Crippen molar-refractivity contribution in [3.05, 3.63) is 131 Å². The van der Waals surface area contributed by atoms with Gasteiger partial charge in [0, 0.05) is 24.0 Å². The molecule has 1 N–H and O–H groups in total. The molecule has 0 aliphatic heterocycles. The van der Waals surface area contributed by atoms with Gasteiger partial charge < -0.3 is 10.2 Å². The van der Waals surface area contributed by atoms with Crippen molar-refractivity contribution in [3.8, 4) is 0 Å². The second-order valence-electron chi connectivity index (χ2n) is 11.1. The van der Waals surface area contributed by atoms with Gasteiger partial charge in [-0.15, -0.1) is 0 Å². The van der Waals surface area contributed by atoms with E-state index in [2.05, 4.69) is 5.32 Å². The number of para-hydroxylation sites is 1. The molecule has 4 aromatic rings. The van der Waals surface area contributed by atoms with Crippen LogP contribution in [0.15, 0.2) is 114 Å². The molecule has 0 aromatic heterocycles. The summed E-state index contributed by atoms with van der Waals surface area (Å²) in [5, 5.41) is 3.52. The van der Waals surface area contributed by atoms with Crippen molar-refractivity contribution in [2.45, 2.75) is 55.6 Å². The van der Waals surface area contributed by atoms with Crippen molar-refractivity contribution >= 4 is 39.1 Å². The van der Waals surface area contributed by atoms with Gasteiger partial charge in [-0.25, -0.2) is 12.8 Å². The van der Waals surface area contributed by atoms with Gasteiger partial charge in [0.25, 0.3) is 10.0 Å². The van der Waals surface area contributed by atoms with Crippen LogP contribution in [-0.2, 0) is 32.6 Å². The maximum atomic E-state index is 15.2. The van der Waals surface area contributed by atoms with Crippen molar-refractivity contribution in [2.75, 3.05) is 10.8 Å². The first-order valence-corrected chi connectivity index (χ1v) is 16.8. The molecular formula is C35H35ClFN3O4S. The van der Waals surface area contributed by atoms with Gasteiger partial charge in [0.05, 0.1) is 10.6 Å². The Balaban J connectivity index is 1.57. The standard InChI is InChI=1S/C35H35ClFN3O4S/c36-30-20-10-7-15-27(30)24-39(33(23-26-13-3-1-4-14-26)35(42)38-28-16-8-9-17-28)34(41)25-40(32-22-12-11-21-31(32)37)45(43,44)29-18-5-2-6-19-29/h1-7,10-15,18-22,28,33H,8-9,16-17,23-25H2,(H,38,42)/t33-/m1/s1. The van der Waals surface area contributed by atoms with E-state index in [-0.39, 0.29) is 35.5 Å². The lowest BCUT2D eigenvalue weighted by Crippen LogP contribution is -2.54. The van der Waals surface area contributed by atoms with Crippen molar-refractivity contribution in [2.24, 2.45) is 0 Å². The molecule has 1 atom stereocenters. The van der Waals surface area contributed by atoms with E-state index in [1.54, 1.807) is 42.5 Å². The molecule has 1 saturated carbocycles. The van der Waals surface area contributed by atoms with E-state index in [0.717, 1.165) is 41.6 Å². The van der Waals surface area contributed by atoms with Gasteiger partial charge >= 0.3 is 0 Å². The van der Waals surface area contributed by atoms with E-state index in [1.807, 2.05) is 30.3 Å². The van der Waals surface area contributed by atoms with Crippen LogP contribution in [-0.4, -0.2) is 43.8 Å². The first kappa shape index (κ1) is 32.2. The Morgan fingerprint density at radius 3 is 2.11 bits per heavy atom. The molecule has 0 spiro atoms. The largest absolute Gasteiger partial charge is 0.352 e. The van der Waals surface area contributed by atoms with E-state index >= 15 is 4.39 Å². The molecule has 10 heteroatoms. The number of hydrogen-bond donors (Lipinski definition) is 1. The maximum absolute atomic E-state index is 15.2. The fraction of sp³-hybridized carbons (Fsp3) is 0.257. The Labute approximate surface area is 268 Å². The van der Waals surface area contributed by atoms with Crippen molar-refractivity contribution in [3.63, 3.8) is 0 Å². The zero-order valence-electron chi connectivity index (χ0n) is 24.7. The molecule has 45 heavy (non-hydrogen) atoms. The highest BCUT2D eigenvalue weighted by molar-refractivity contribution is 7.92. The Kier molecular flexibility index (Phi) is 10.5. The van der Waals surface area contributed by atoms with Gasteiger partial charge in [-0.2, -0.15) is 0 Å². The summed E-state index contributed by atoms with van der Waals surface area (Å²) in [5.41, 5.74) is 1.13. The molecule has 1 fully saturated rings. The number of halogens is 2. The summed E-state index contributed by atoms with van der Waals surface area (Å²) in [5.74, 6) is -1.82. The third kappa shape index (κ3) is 7.90. The van der Waals surface area contributed by atoms with E-state index in [4.69, 9.17) is 11.6 Å². The molecule has 0 bridgehead atoms. The topological polar surface area (TPSA) is 86.8 Å². The molecule has 7 nitrogen and oxygen atoms in total. The lowest BCUT2D eigenvalue weighted by molar-refractivity contribution is -0.140. The highest BCUT2D eigenvalue weighted by Crippen LogP contribution is 2.28. The predicted octanol–water partition coefficient (Wildman–Crippen LogP) is 6.37. The predicted molar refractivity (Wildman–Crippen MR) is 174 cm³/mol. The number of carbonyl (C=O) groups is 2. The van der Waals surface area contributed by atoms with Crippen LogP contribution >= 0.6 is 11.6 Å². The van der Waals surface area contributed by atoms with Gasteiger partial charge in [-0.05, 0) is 54.3 Å². The Hall–Kier alpha value is -4.21. The summed E-state index contributed by atoms with van der Waals surface area (Å²) in [4.78, 5) is 29.8. The van der Waals surface area contributed by atoms with Gasteiger partial charge in [0.15, 0.2) is 0 Å². The lowest BCUT2D eigenvalue weighted by Gasteiger charge is -2.34. The highest BCUT2D eigenvalue weighted by atomic mass is 35.5. The minimum atomic E-state index is -4.39. The van der Waals surface area contributed by atoms with Crippen LogP contribution in [0.4, 0.5) is 10.1 Å². The molecule has 2 amide bonds. The molecule has 1 aliphatic rings. The van der Waals surface area contributed by atoms with Crippen molar-refractivity contribution in [1.29, 1.82) is 0 Å². The quantitative estimate of drug-likeness (QED) is 0.194. The van der Waals surface area contributed by atoms with Crippen LogP contribution < -0.4 is 9.62 Å².